The molecule has 0 N–H and O–H groups in total. The van der Waals surface area contributed by atoms with Crippen molar-refractivity contribution in [1.29, 1.82) is 0 Å². The molecule has 0 bridgehead atoms. The Morgan fingerprint density at radius 2 is 1.48 bits per heavy atom. The summed E-state index contributed by atoms with van der Waals surface area (Å²) >= 11 is 12.8. The van der Waals surface area contributed by atoms with E-state index in [1.54, 1.807) is 6.20 Å². The fraction of sp³-hybridized carbons (Fsp3) is 0.500. The largest absolute Gasteiger partial charge is 0.493 e. The number of hydrogen-bond acceptors (Lipinski definition) is 5. The molecule has 0 radical (unpaired) electrons. The number of hydrogen-bond donors (Lipinski definition) is 0. The maximum Gasteiger partial charge on any atom is 0.326 e. The molecule has 8 nitrogen and oxygen atoms in total. The van der Waals surface area contributed by atoms with Crippen LogP contribution in [-0.2, 0) is 21.3 Å². The summed E-state index contributed by atoms with van der Waals surface area (Å²) in [4.78, 5) is 44.2. The van der Waals surface area contributed by atoms with Crippen molar-refractivity contribution < 1.29 is 14.3 Å². The van der Waals surface area contributed by atoms with Crippen LogP contribution in [0.5, 0.6) is 5.75 Å². The molecule has 3 amide bonds. The SMILES string of the molecule is CCOc1cc(C(C)(C)C)ncc1C1=N[C@@](C)(c2ccc(Cl)cc2)[C@@](C)(c2ccc(Cl)cc2)N1C(=O)N1CCC(CC(=O)N(CC)CC)CC1. The van der Waals surface area contributed by atoms with Gasteiger partial charge in [0.15, 0.2) is 0 Å². The number of halogens is 2. The molecule has 2 aliphatic rings. The lowest BCUT2D eigenvalue weighted by Gasteiger charge is -2.47. The lowest BCUT2D eigenvalue weighted by atomic mass is 9.71. The lowest BCUT2D eigenvalue weighted by Crippen LogP contribution is -2.59. The zero-order valence-corrected chi connectivity index (χ0v) is 32.2. The van der Waals surface area contributed by atoms with Crippen molar-refractivity contribution in [2.45, 2.75) is 91.1 Å². The summed E-state index contributed by atoms with van der Waals surface area (Å²) in [5.74, 6) is 1.51. The van der Waals surface area contributed by atoms with Crippen LogP contribution in [0.15, 0.2) is 65.8 Å². The number of carbonyl (C=O) groups excluding carboxylic acids is 2. The van der Waals surface area contributed by atoms with E-state index in [0.717, 1.165) is 29.7 Å². The van der Waals surface area contributed by atoms with Gasteiger partial charge in [-0.2, -0.15) is 0 Å². The molecule has 3 aromatic rings. The molecule has 0 spiro atoms. The third kappa shape index (κ3) is 7.11. The molecule has 0 saturated carbocycles. The summed E-state index contributed by atoms with van der Waals surface area (Å²) in [6.07, 6.45) is 3.79. The van der Waals surface area contributed by atoms with Gasteiger partial charge in [0.1, 0.15) is 22.7 Å². The number of aliphatic imine (C=N–C) groups is 1. The Labute approximate surface area is 307 Å². The van der Waals surface area contributed by atoms with Gasteiger partial charge >= 0.3 is 6.03 Å². The van der Waals surface area contributed by atoms with Crippen molar-refractivity contribution in [1.82, 2.24) is 19.7 Å². The van der Waals surface area contributed by atoms with E-state index in [9.17, 15) is 4.79 Å². The molecule has 1 saturated heterocycles. The highest BCUT2D eigenvalue weighted by molar-refractivity contribution is 6.30. The minimum absolute atomic E-state index is 0.158. The number of carbonyl (C=O) groups is 2. The van der Waals surface area contributed by atoms with Crippen LogP contribution in [0.2, 0.25) is 10.0 Å². The normalized spacial score (nSPS) is 21.3. The first-order valence-electron chi connectivity index (χ1n) is 17.8. The number of pyridine rings is 1. The van der Waals surface area contributed by atoms with Crippen LogP contribution in [0.1, 0.15) is 97.0 Å². The maximum absolute atomic E-state index is 15.2. The van der Waals surface area contributed by atoms with E-state index >= 15 is 4.79 Å². The first kappa shape index (κ1) is 37.6. The van der Waals surface area contributed by atoms with Crippen molar-refractivity contribution in [2.24, 2.45) is 10.9 Å². The minimum Gasteiger partial charge on any atom is -0.493 e. The molecule has 50 heavy (non-hydrogen) atoms. The Bertz CT molecular complexity index is 1710. The number of urea groups is 1. The topological polar surface area (TPSA) is 78.3 Å². The minimum atomic E-state index is -1.01. The molecule has 5 rings (SSSR count). The van der Waals surface area contributed by atoms with E-state index in [1.165, 1.54) is 0 Å². The highest BCUT2D eigenvalue weighted by atomic mass is 35.5. The summed E-state index contributed by atoms with van der Waals surface area (Å²) < 4.78 is 6.28. The van der Waals surface area contributed by atoms with Crippen LogP contribution in [0, 0.1) is 5.92 Å². The van der Waals surface area contributed by atoms with Gasteiger partial charge < -0.3 is 14.5 Å². The molecule has 1 aromatic heterocycles. The second-order valence-electron chi connectivity index (χ2n) is 14.7. The van der Waals surface area contributed by atoms with E-state index in [2.05, 4.69) is 34.6 Å². The molecule has 3 heterocycles. The molecule has 10 heteroatoms. The molecule has 1 fully saturated rings. The standard InChI is InChI=1S/C40H51Cl2N5O3/c1-9-45(10-2)35(48)24-27-20-22-46(23-21-27)37(49)47-36(32-26-43-34(38(4,5)6)25-33(32)50-11-3)44-39(7,28-12-16-30(41)17-13-28)40(47,8)29-14-18-31(42)19-15-29/h12-19,25-27H,9-11,20-24H2,1-8H3/t39-,40+/m0/s1. The highest BCUT2D eigenvalue weighted by Gasteiger charge is 2.60. The molecule has 2 aliphatic heterocycles. The van der Waals surface area contributed by atoms with Gasteiger partial charge in [0.25, 0.3) is 0 Å². The summed E-state index contributed by atoms with van der Waals surface area (Å²) in [5.41, 5.74) is 1.11. The second kappa shape index (κ2) is 14.9. The number of benzene rings is 2. The zero-order chi connectivity index (χ0) is 36.4. The van der Waals surface area contributed by atoms with Gasteiger partial charge in [-0.25, -0.2) is 4.79 Å². The fourth-order valence-electron chi connectivity index (χ4n) is 7.28. The Hall–Kier alpha value is -3.62. The molecule has 0 aliphatic carbocycles. The average molecular weight is 721 g/mol. The molecule has 2 atom stereocenters. The van der Waals surface area contributed by atoms with Gasteiger partial charge in [0.05, 0.1) is 12.2 Å². The summed E-state index contributed by atoms with van der Waals surface area (Å²) in [7, 11) is 0. The number of amides is 3. The monoisotopic (exact) mass is 719 g/mol. The van der Waals surface area contributed by atoms with Crippen molar-refractivity contribution >= 4 is 41.0 Å². The number of piperidine rings is 1. The van der Waals surface area contributed by atoms with Crippen molar-refractivity contribution in [2.75, 3.05) is 32.8 Å². The maximum atomic E-state index is 15.2. The van der Waals surface area contributed by atoms with Crippen LogP contribution in [-0.4, -0.2) is 70.2 Å². The Balaban J connectivity index is 1.65. The van der Waals surface area contributed by atoms with E-state index in [4.69, 9.17) is 37.9 Å². The van der Waals surface area contributed by atoms with Gasteiger partial charge in [0.2, 0.25) is 5.91 Å². The predicted octanol–water partition coefficient (Wildman–Crippen LogP) is 9.07. The molecular formula is C40H51Cl2N5O3. The Kier molecular flexibility index (Phi) is 11.2. The van der Waals surface area contributed by atoms with E-state index in [0.29, 0.717) is 66.4 Å². The summed E-state index contributed by atoms with van der Waals surface area (Å²) in [5, 5.41) is 1.22. The zero-order valence-electron chi connectivity index (χ0n) is 30.7. The number of nitrogens with zero attached hydrogens (tertiary/aromatic N) is 5. The number of aromatic nitrogens is 1. The number of rotatable bonds is 9. The molecule has 268 valence electrons. The summed E-state index contributed by atoms with van der Waals surface area (Å²) in [6, 6.07) is 17.2. The van der Waals surface area contributed by atoms with Gasteiger partial charge in [0, 0.05) is 66.0 Å². The van der Waals surface area contributed by atoms with Crippen LogP contribution in [0.25, 0.3) is 0 Å². The Morgan fingerprint density at radius 3 is 2.00 bits per heavy atom. The van der Waals surface area contributed by atoms with Gasteiger partial charge in [-0.3, -0.25) is 19.7 Å². The molecular weight excluding hydrogens is 669 g/mol. The number of ether oxygens (including phenoxy) is 1. The van der Waals surface area contributed by atoms with Crippen LogP contribution >= 0.6 is 23.2 Å². The molecule has 2 aromatic carbocycles. The first-order chi connectivity index (χ1) is 23.7. The van der Waals surface area contributed by atoms with E-state index < -0.39 is 11.1 Å². The van der Waals surface area contributed by atoms with Crippen molar-refractivity contribution in [3.8, 4) is 5.75 Å². The van der Waals surface area contributed by atoms with Crippen molar-refractivity contribution in [3.63, 3.8) is 0 Å². The van der Waals surface area contributed by atoms with Crippen molar-refractivity contribution in [3.05, 3.63) is 93.2 Å². The second-order valence-corrected chi connectivity index (χ2v) is 15.5. The first-order valence-corrected chi connectivity index (χ1v) is 18.6. The third-order valence-electron chi connectivity index (χ3n) is 10.6. The van der Waals surface area contributed by atoms with Gasteiger partial charge in [-0.15, -0.1) is 0 Å². The average Bonchev–Trinajstić information content (AvgIpc) is 3.33. The predicted molar refractivity (Wildman–Crippen MR) is 202 cm³/mol. The van der Waals surface area contributed by atoms with Gasteiger partial charge in [-0.1, -0.05) is 68.2 Å². The smallest absolute Gasteiger partial charge is 0.326 e. The van der Waals surface area contributed by atoms with Crippen LogP contribution < -0.4 is 4.74 Å². The highest BCUT2D eigenvalue weighted by Crippen LogP contribution is 2.54. The summed E-state index contributed by atoms with van der Waals surface area (Å²) in [6.45, 7) is 19.4. The quantitative estimate of drug-likeness (QED) is 0.221. The van der Waals surface area contributed by atoms with E-state index in [1.807, 2.05) is 90.1 Å². The fourth-order valence-corrected chi connectivity index (χ4v) is 7.53. The van der Waals surface area contributed by atoms with Crippen LogP contribution in [0.4, 0.5) is 4.79 Å². The van der Waals surface area contributed by atoms with Gasteiger partial charge in [-0.05, 0) is 88.8 Å². The number of likely N-dealkylation sites (tertiary alicyclic amines) is 1. The number of amidine groups is 1. The van der Waals surface area contributed by atoms with Crippen LogP contribution in [0.3, 0.4) is 0 Å². The van der Waals surface area contributed by atoms with E-state index in [-0.39, 0.29) is 23.3 Å². The third-order valence-corrected chi connectivity index (χ3v) is 11.1. The lowest BCUT2D eigenvalue weighted by molar-refractivity contribution is -0.132. The Morgan fingerprint density at radius 1 is 0.920 bits per heavy atom. The molecule has 0 unspecified atom stereocenters.